The van der Waals surface area contributed by atoms with Gasteiger partial charge in [-0.05, 0) is 0 Å². The van der Waals surface area contributed by atoms with Gasteiger partial charge in [0.15, 0.2) is 0 Å². The van der Waals surface area contributed by atoms with E-state index in [4.69, 9.17) is 0 Å². The number of fused-ring (bicyclic) bond motifs is 3. The van der Waals surface area contributed by atoms with E-state index >= 15 is 0 Å². The van der Waals surface area contributed by atoms with Gasteiger partial charge >= 0.3 is 206 Å². The van der Waals surface area contributed by atoms with Crippen LogP contribution >= 0.6 is 0 Å². The van der Waals surface area contributed by atoms with E-state index in [-0.39, 0.29) is 60.2 Å². The topological polar surface area (TPSA) is 0 Å². The fourth-order valence-corrected chi connectivity index (χ4v) is 7.97. The number of halogens is 2. The Balaban J connectivity index is 0.00000204. The van der Waals surface area contributed by atoms with Gasteiger partial charge in [-0.2, -0.15) is 0 Å². The SMILES string of the molecule is CC1=CC(C(C)(C)C)=C[CH]1[Ti+2][c]1c(C(C)(C)C)ccc2c1Cc1cc(C(C)(C)C)ccc1-2.[Cl-].[Cl-]. The summed E-state index contributed by atoms with van der Waals surface area (Å²) in [4.78, 5) is 0. The van der Waals surface area contributed by atoms with Crippen LogP contribution in [0.2, 0.25) is 4.22 Å². The molecule has 0 aliphatic heterocycles. The standard InChI is InChI=1S/C21H25.C10H15.2ClH.Ti/c1-20(2,3)16-7-9-18-14(12-16)11-15-13-17(21(4,5)6)8-10-19(15)18;1-8-5-6-9(7-8)10(2,3)4;;;/h7-10,12H,11H2,1-6H3;5-7H,1-4H3;2*1H;/q;;;;+2/p-2. The minimum atomic E-state index is -0.338. The molecule has 1 unspecified atom stereocenters. The monoisotopic (exact) mass is 530 g/mol. The molecule has 0 saturated carbocycles. The van der Waals surface area contributed by atoms with Crippen LogP contribution < -0.4 is 28.7 Å². The first-order valence-corrected chi connectivity index (χ1v) is 13.8. The van der Waals surface area contributed by atoms with Gasteiger partial charge in [0.25, 0.3) is 0 Å². The Hall–Kier alpha value is -0.786. The molecule has 34 heavy (non-hydrogen) atoms. The predicted molar refractivity (Wildman–Crippen MR) is 137 cm³/mol. The van der Waals surface area contributed by atoms with Crippen molar-refractivity contribution in [2.75, 3.05) is 0 Å². The van der Waals surface area contributed by atoms with Crippen LogP contribution in [0.4, 0.5) is 0 Å². The molecule has 0 spiro atoms. The van der Waals surface area contributed by atoms with Crippen molar-refractivity contribution < 1.29 is 44.0 Å². The van der Waals surface area contributed by atoms with Crippen LogP contribution in [0.3, 0.4) is 0 Å². The molecule has 182 valence electrons. The Labute approximate surface area is 229 Å². The summed E-state index contributed by atoms with van der Waals surface area (Å²) in [5.41, 5.74) is 12.8. The molecular formula is C31H40Cl2Ti. The van der Waals surface area contributed by atoms with Crippen LogP contribution in [0.25, 0.3) is 11.1 Å². The average molecular weight is 531 g/mol. The van der Waals surface area contributed by atoms with Gasteiger partial charge in [-0.25, -0.2) is 0 Å². The molecular weight excluding hydrogens is 491 g/mol. The van der Waals surface area contributed by atoms with Crippen LogP contribution in [0.1, 0.15) is 91.5 Å². The van der Waals surface area contributed by atoms with Gasteiger partial charge in [0.05, 0.1) is 0 Å². The molecule has 0 bridgehead atoms. The molecule has 0 amide bonds. The van der Waals surface area contributed by atoms with Crippen molar-refractivity contribution in [1.82, 2.24) is 0 Å². The van der Waals surface area contributed by atoms with Crippen LogP contribution in [-0.4, -0.2) is 0 Å². The summed E-state index contributed by atoms with van der Waals surface area (Å²) in [5, 5.41) is 0. The molecule has 2 aliphatic carbocycles. The number of rotatable bonds is 2. The van der Waals surface area contributed by atoms with Crippen LogP contribution in [0.5, 0.6) is 0 Å². The Bertz CT molecular complexity index is 1130. The molecule has 0 saturated heterocycles. The van der Waals surface area contributed by atoms with Crippen molar-refractivity contribution in [3.8, 4) is 11.1 Å². The second-order valence-corrected chi connectivity index (χ2v) is 15.1. The van der Waals surface area contributed by atoms with Crippen LogP contribution in [0.15, 0.2) is 53.6 Å². The smallest absolute Gasteiger partial charge is 1.00 e. The van der Waals surface area contributed by atoms with E-state index in [1.165, 1.54) is 27.8 Å². The fourth-order valence-electron chi connectivity index (χ4n) is 5.01. The summed E-state index contributed by atoms with van der Waals surface area (Å²) < 4.78 is 2.35. The van der Waals surface area contributed by atoms with Gasteiger partial charge in [-0.3, -0.25) is 0 Å². The molecule has 0 N–H and O–H groups in total. The van der Waals surface area contributed by atoms with Gasteiger partial charge in [-0.15, -0.1) is 0 Å². The van der Waals surface area contributed by atoms with Crippen LogP contribution in [-0.2, 0) is 36.4 Å². The minimum Gasteiger partial charge on any atom is -1.00 e. The van der Waals surface area contributed by atoms with Gasteiger partial charge < -0.3 is 24.8 Å². The summed E-state index contributed by atoms with van der Waals surface area (Å²) >= 11 is -0.338. The van der Waals surface area contributed by atoms with Crippen molar-refractivity contribution in [3.63, 3.8) is 0 Å². The second-order valence-electron chi connectivity index (χ2n) is 12.9. The third kappa shape index (κ3) is 5.62. The molecule has 2 aliphatic rings. The third-order valence-corrected chi connectivity index (χ3v) is 9.93. The number of hydrogen-bond donors (Lipinski definition) is 0. The average Bonchev–Trinajstić information content (AvgIpc) is 3.20. The van der Waals surface area contributed by atoms with E-state index in [2.05, 4.69) is 112 Å². The van der Waals surface area contributed by atoms with Crippen molar-refractivity contribution in [3.05, 3.63) is 75.9 Å². The maximum Gasteiger partial charge on any atom is -1.00 e. The molecule has 3 heteroatoms. The molecule has 4 rings (SSSR count). The summed E-state index contributed by atoms with van der Waals surface area (Å²) in [6.07, 6.45) is 6.17. The van der Waals surface area contributed by atoms with E-state index in [0.717, 1.165) is 6.42 Å². The van der Waals surface area contributed by atoms with E-state index in [9.17, 15) is 0 Å². The summed E-state index contributed by atoms with van der Waals surface area (Å²) in [6.45, 7) is 23.5. The second kappa shape index (κ2) is 9.93. The minimum absolute atomic E-state index is 0. The fraction of sp³-hybridized carbons (Fsp3) is 0.484. The molecule has 2 aromatic carbocycles. The van der Waals surface area contributed by atoms with Crippen LogP contribution in [0, 0.1) is 5.41 Å². The maximum atomic E-state index is 2.60. The number of benzene rings is 2. The van der Waals surface area contributed by atoms with Gasteiger partial charge in [0, 0.05) is 0 Å². The largest absolute Gasteiger partial charge is 1.00 e. The summed E-state index contributed by atoms with van der Waals surface area (Å²) in [7, 11) is 0. The van der Waals surface area contributed by atoms with Crippen molar-refractivity contribution >= 4 is 3.87 Å². The quantitative estimate of drug-likeness (QED) is 0.446. The maximum absolute atomic E-state index is 2.60. The summed E-state index contributed by atoms with van der Waals surface area (Å²) in [5.74, 6) is 0. The van der Waals surface area contributed by atoms with E-state index in [1.54, 1.807) is 20.6 Å². The summed E-state index contributed by atoms with van der Waals surface area (Å²) in [6, 6.07) is 12.1. The van der Waals surface area contributed by atoms with Gasteiger partial charge in [-0.1, -0.05) is 0 Å². The third-order valence-electron chi connectivity index (χ3n) is 7.14. The molecule has 0 aromatic heterocycles. The first-order valence-electron chi connectivity index (χ1n) is 12.1. The van der Waals surface area contributed by atoms with E-state index < -0.39 is 0 Å². The van der Waals surface area contributed by atoms with Gasteiger partial charge in [0.2, 0.25) is 0 Å². The van der Waals surface area contributed by atoms with E-state index in [0.29, 0.717) is 4.22 Å². The zero-order valence-corrected chi connectivity index (χ0v) is 25.7. The normalized spacial score (nSPS) is 17.1. The van der Waals surface area contributed by atoms with Gasteiger partial charge in [0.1, 0.15) is 0 Å². The zero-order chi connectivity index (χ0) is 23.6. The van der Waals surface area contributed by atoms with Crippen molar-refractivity contribution in [2.24, 2.45) is 5.41 Å². The molecule has 1 atom stereocenters. The first kappa shape index (κ1) is 29.4. The van der Waals surface area contributed by atoms with Crippen molar-refractivity contribution in [2.45, 2.75) is 90.7 Å². The predicted octanol–water partition coefficient (Wildman–Crippen LogP) is 2.29. The molecule has 0 heterocycles. The van der Waals surface area contributed by atoms with E-state index in [1.807, 2.05) is 0 Å². The zero-order valence-electron chi connectivity index (χ0n) is 22.6. The number of hydrogen-bond acceptors (Lipinski definition) is 0. The Morgan fingerprint density at radius 3 is 1.91 bits per heavy atom. The first-order chi connectivity index (χ1) is 14.7. The number of allylic oxidation sites excluding steroid dienone is 4. The van der Waals surface area contributed by atoms with Crippen molar-refractivity contribution in [1.29, 1.82) is 0 Å². The Morgan fingerprint density at radius 2 is 1.38 bits per heavy atom. The molecule has 0 radical (unpaired) electrons. The Kier molecular flexibility index (Phi) is 8.60. The molecule has 2 aromatic rings. The Morgan fingerprint density at radius 1 is 0.765 bits per heavy atom. The molecule has 0 fully saturated rings. The molecule has 0 nitrogen and oxygen atoms in total.